The number of hydrogen-bond donors (Lipinski definition) is 1. The van der Waals surface area contributed by atoms with E-state index in [-0.39, 0.29) is 5.82 Å². The van der Waals surface area contributed by atoms with Gasteiger partial charge in [0.25, 0.3) is 0 Å². The Hall–Kier alpha value is -2.07. The van der Waals surface area contributed by atoms with Crippen LogP contribution in [0.4, 0.5) is 10.3 Å². The molecule has 1 aromatic heterocycles. The molecule has 0 bridgehead atoms. The molecule has 0 saturated carbocycles. The number of hydrogen-bond acceptors (Lipinski definition) is 2. The quantitative estimate of drug-likeness (QED) is 0.735. The number of halogens is 2. The maximum atomic E-state index is 13.6. The van der Waals surface area contributed by atoms with Gasteiger partial charge in [-0.3, -0.25) is 4.57 Å². The van der Waals surface area contributed by atoms with Gasteiger partial charge in [0, 0.05) is 11.1 Å². The zero-order valence-corrected chi connectivity index (χ0v) is 11.9. The van der Waals surface area contributed by atoms with E-state index in [0.717, 1.165) is 16.8 Å². The molecule has 5 heteroatoms. The summed E-state index contributed by atoms with van der Waals surface area (Å²) in [5.74, 6) is 0.0281. The molecule has 0 atom stereocenters. The molecular formula is C15H13ClFN3. The molecule has 3 aromatic rings. The summed E-state index contributed by atoms with van der Waals surface area (Å²) in [6.45, 7) is 3.63. The highest BCUT2D eigenvalue weighted by molar-refractivity contribution is 6.31. The Labute approximate surface area is 120 Å². The van der Waals surface area contributed by atoms with Crippen molar-refractivity contribution in [1.29, 1.82) is 0 Å². The number of anilines is 1. The fraction of sp³-hybridized carbons (Fsp3) is 0.133. The normalized spacial score (nSPS) is 11.2. The minimum atomic E-state index is -0.287. The van der Waals surface area contributed by atoms with Crippen molar-refractivity contribution in [1.82, 2.24) is 9.55 Å². The predicted molar refractivity (Wildman–Crippen MR) is 79.9 cm³/mol. The van der Waals surface area contributed by atoms with E-state index in [1.165, 1.54) is 6.07 Å². The van der Waals surface area contributed by atoms with E-state index < -0.39 is 0 Å². The number of nitrogens with zero attached hydrogens (tertiary/aromatic N) is 2. The van der Waals surface area contributed by atoms with E-state index >= 15 is 0 Å². The van der Waals surface area contributed by atoms with Gasteiger partial charge in [-0.15, -0.1) is 0 Å². The predicted octanol–water partition coefficient (Wildman–Crippen LogP) is 4.02. The van der Waals surface area contributed by atoms with Crippen LogP contribution in [0.3, 0.4) is 0 Å². The fourth-order valence-corrected chi connectivity index (χ4v) is 2.48. The second-order valence-corrected chi connectivity index (χ2v) is 5.19. The Morgan fingerprint density at radius 2 is 2.00 bits per heavy atom. The molecule has 3 nitrogen and oxygen atoms in total. The van der Waals surface area contributed by atoms with Gasteiger partial charge in [0.1, 0.15) is 5.82 Å². The summed E-state index contributed by atoms with van der Waals surface area (Å²) < 4.78 is 15.4. The molecule has 20 heavy (non-hydrogen) atoms. The molecule has 0 aliphatic rings. The fourth-order valence-electron chi connectivity index (χ4n) is 2.31. The lowest BCUT2D eigenvalue weighted by molar-refractivity contribution is 0.620. The molecule has 0 radical (unpaired) electrons. The lowest BCUT2D eigenvalue weighted by Crippen LogP contribution is -2.02. The first-order valence-corrected chi connectivity index (χ1v) is 6.56. The number of benzene rings is 2. The van der Waals surface area contributed by atoms with E-state index in [1.807, 2.05) is 25.1 Å². The summed E-state index contributed by atoms with van der Waals surface area (Å²) in [5.41, 5.74) is 9.60. The van der Waals surface area contributed by atoms with Gasteiger partial charge in [-0.2, -0.15) is 0 Å². The molecule has 0 amide bonds. The van der Waals surface area contributed by atoms with Gasteiger partial charge in [0.15, 0.2) is 0 Å². The third-order valence-corrected chi connectivity index (χ3v) is 3.85. The zero-order valence-electron chi connectivity index (χ0n) is 11.1. The van der Waals surface area contributed by atoms with Crippen molar-refractivity contribution in [2.45, 2.75) is 13.8 Å². The Morgan fingerprint density at radius 3 is 2.75 bits per heavy atom. The van der Waals surface area contributed by atoms with Crippen molar-refractivity contribution in [2.75, 3.05) is 5.73 Å². The number of nitrogens with two attached hydrogens (primary N) is 1. The molecular weight excluding hydrogens is 277 g/mol. The van der Waals surface area contributed by atoms with Crippen LogP contribution in [0.25, 0.3) is 16.7 Å². The highest BCUT2D eigenvalue weighted by Crippen LogP contribution is 2.29. The molecule has 2 N–H and O–H groups in total. The Balaban J connectivity index is 2.39. The van der Waals surface area contributed by atoms with Crippen molar-refractivity contribution >= 4 is 28.6 Å². The van der Waals surface area contributed by atoms with Gasteiger partial charge in [-0.1, -0.05) is 17.7 Å². The largest absolute Gasteiger partial charge is 0.369 e. The van der Waals surface area contributed by atoms with Crippen molar-refractivity contribution in [3.63, 3.8) is 0 Å². The smallest absolute Gasteiger partial charge is 0.205 e. The first kappa shape index (κ1) is 12.9. The maximum absolute atomic E-state index is 13.6. The van der Waals surface area contributed by atoms with Crippen LogP contribution in [0, 0.1) is 19.7 Å². The highest BCUT2D eigenvalue weighted by atomic mass is 35.5. The van der Waals surface area contributed by atoms with Crippen molar-refractivity contribution < 1.29 is 4.39 Å². The topological polar surface area (TPSA) is 43.8 Å². The minimum Gasteiger partial charge on any atom is -0.369 e. The monoisotopic (exact) mass is 289 g/mol. The summed E-state index contributed by atoms with van der Waals surface area (Å²) in [6, 6.07) is 8.73. The van der Waals surface area contributed by atoms with E-state index in [0.29, 0.717) is 22.1 Å². The first-order valence-electron chi connectivity index (χ1n) is 6.18. The summed E-state index contributed by atoms with van der Waals surface area (Å²) in [6.07, 6.45) is 0. The molecule has 102 valence electrons. The van der Waals surface area contributed by atoms with E-state index in [4.69, 9.17) is 17.3 Å². The van der Waals surface area contributed by atoms with E-state index in [1.54, 1.807) is 17.6 Å². The van der Waals surface area contributed by atoms with Crippen LogP contribution < -0.4 is 5.73 Å². The summed E-state index contributed by atoms with van der Waals surface area (Å²) in [7, 11) is 0. The first-order chi connectivity index (χ1) is 9.49. The molecule has 0 aliphatic heterocycles. The second kappa shape index (κ2) is 4.49. The van der Waals surface area contributed by atoms with Crippen LogP contribution in [0.15, 0.2) is 30.3 Å². The van der Waals surface area contributed by atoms with E-state index in [2.05, 4.69) is 4.98 Å². The van der Waals surface area contributed by atoms with Gasteiger partial charge in [-0.05, 0) is 43.2 Å². The molecule has 2 aromatic carbocycles. The average Bonchev–Trinajstić information content (AvgIpc) is 2.69. The van der Waals surface area contributed by atoms with Crippen LogP contribution in [-0.2, 0) is 0 Å². The third kappa shape index (κ3) is 1.84. The molecule has 0 saturated heterocycles. The van der Waals surface area contributed by atoms with Crippen LogP contribution in [0.5, 0.6) is 0 Å². The van der Waals surface area contributed by atoms with Crippen LogP contribution >= 0.6 is 11.6 Å². The van der Waals surface area contributed by atoms with Gasteiger partial charge < -0.3 is 5.73 Å². The number of nitrogen functional groups attached to an aromatic ring is 1. The van der Waals surface area contributed by atoms with Crippen LogP contribution in [0.2, 0.25) is 5.02 Å². The van der Waals surface area contributed by atoms with Gasteiger partial charge >= 0.3 is 0 Å². The Bertz CT molecular complexity index is 824. The maximum Gasteiger partial charge on any atom is 0.205 e. The van der Waals surface area contributed by atoms with Gasteiger partial charge in [0.2, 0.25) is 5.95 Å². The SMILES string of the molecule is Cc1cc2c(cc1F)nc(N)n2-c1cccc(Cl)c1C. The van der Waals surface area contributed by atoms with E-state index in [9.17, 15) is 4.39 Å². The molecule has 0 aliphatic carbocycles. The van der Waals surface area contributed by atoms with Crippen molar-refractivity contribution in [2.24, 2.45) is 0 Å². The standard InChI is InChI=1S/C15H13ClFN3/c1-8-6-14-12(7-11(8)17)19-15(18)20(14)13-5-3-4-10(16)9(13)2/h3-7H,1-2H3,(H2,18,19). The Kier molecular flexibility index (Phi) is 2.91. The van der Waals surface area contributed by atoms with Gasteiger partial charge in [0.05, 0.1) is 16.7 Å². The second-order valence-electron chi connectivity index (χ2n) is 4.78. The summed E-state index contributed by atoms with van der Waals surface area (Å²) in [5, 5.41) is 0.655. The molecule has 1 heterocycles. The van der Waals surface area contributed by atoms with Crippen LogP contribution in [0.1, 0.15) is 11.1 Å². The summed E-state index contributed by atoms with van der Waals surface area (Å²) >= 11 is 6.16. The zero-order chi connectivity index (χ0) is 14.4. The third-order valence-electron chi connectivity index (χ3n) is 3.44. The average molecular weight is 290 g/mol. The molecule has 3 rings (SSSR count). The number of aryl methyl sites for hydroxylation is 1. The summed E-state index contributed by atoms with van der Waals surface area (Å²) in [4.78, 5) is 4.22. The number of imidazole rings is 1. The lowest BCUT2D eigenvalue weighted by Gasteiger charge is -2.11. The number of aromatic nitrogens is 2. The van der Waals surface area contributed by atoms with Crippen molar-refractivity contribution in [3.05, 3.63) is 52.3 Å². The molecule has 0 spiro atoms. The number of fused-ring (bicyclic) bond motifs is 1. The lowest BCUT2D eigenvalue weighted by atomic mass is 10.1. The number of rotatable bonds is 1. The van der Waals surface area contributed by atoms with Crippen molar-refractivity contribution in [3.8, 4) is 5.69 Å². The molecule has 0 unspecified atom stereocenters. The Morgan fingerprint density at radius 1 is 1.25 bits per heavy atom. The molecule has 0 fully saturated rings. The minimum absolute atomic E-state index is 0.287. The van der Waals surface area contributed by atoms with Crippen LogP contribution in [-0.4, -0.2) is 9.55 Å². The van der Waals surface area contributed by atoms with Gasteiger partial charge in [-0.25, -0.2) is 9.37 Å². The highest BCUT2D eigenvalue weighted by Gasteiger charge is 2.14.